The minimum absolute atomic E-state index is 0.331. The van der Waals surface area contributed by atoms with Crippen molar-refractivity contribution in [3.8, 4) is 0 Å². The molecule has 1 aromatic heterocycles. The third-order valence-electron chi connectivity index (χ3n) is 3.46. The molecule has 0 aliphatic carbocycles. The average Bonchev–Trinajstić information content (AvgIpc) is 2.61. The van der Waals surface area contributed by atoms with E-state index in [4.69, 9.17) is 0 Å². The van der Waals surface area contributed by atoms with E-state index in [1.807, 2.05) is 0 Å². The van der Waals surface area contributed by atoms with Gasteiger partial charge in [-0.05, 0) is 30.5 Å². The lowest BCUT2D eigenvalue weighted by molar-refractivity contribution is 0.0600. The molecule has 0 radical (unpaired) electrons. The van der Waals surface area contributed by atoms with Crippen LogP contribution in [0.2, 0.25) is 0 Å². The number of hydrogen-bond acceptors (Lipinski definition) is 6. The zero-order valence-electron chi connectivity index (χ0n) is 14.6. The lowest BCUT2D eigenvalue weighted by Crippen LogP contribution is -2.14. The SMILES string of the molecule is COC(=O)c1cccc(NC(=O)c2cnc(NCCC(C)C)nc2)c1. The van der Waals surface area contributed by atoms with Crippen molar-refractivity contribution in [2.45, 2.75) is 20.3 Å². The van der Waals surface area contributed by atoms with Gasteiger partial charge in [-0.3, -0.25) is 4.79 Å². The van der Waals surface area contributed by atoms with E-state index in [9.17, 15) is 9.59 Å². The summed E-state index contributed by atoms with van der Waals surface area (Å²) in [6.45, 7) is 5.07. The molecule has 0 unspecified atom stereocenters. The van der Waals surface area contributed by atoms with Gasteiger partial charge in [-0.25, -0.2) is 14.8 Å². The van der Waals surface area contributed by atoms with Crippen LogP contribution >= 0.6 is 0 Å². The predicted molar refractivity (Wildman–Crippen MR) is 95.7 cm³/mol. The molecule has 7 heteroatoms. The molecule has 25 heavy (non-hydrogen) atoms. The summed E-state index contributed by atoms with van der Waals surface area (Å²) in [5, 5.41) is 5.82. The fourth-order valence-corrected chi connectivity index (χ4v) is 2.05. The number of rotatable bonds is 7. The number of nitrogens with zero attached hydrogens (tertiary/aromatic N) is 2. The number of nitrogens with one attached hydrogen (secondary N) is 2. The van der Waals surface area contributed by atoms with Crippen molar-refractivity contribution >= 4 is 23.5 Å². The zero-order valence-corrected chi connectivity index (χ0v) is 14.6. The van der Waals surface area contributed by atoms with Crippen LogP contribution < -0.4 is 10.6 Å². The third kappa shape index (κ3) is 5.56. The predicted octanol–water partition coefficient (Wildman–Crippen LogP) is 2.97. The lowest BCUT2D eigenvalue weighted by atomic mass is 10.1. The molecule has 0 saturated heterocycles. The zero-order chi connectivity index (χ0) is 18.2. The van der Waals surface area contributed by atoms with Crippen LogP contribution in [0, 0.1) is 5.92 Å². The highest BCUT2D eigenvalue weighted by atomic mass is 16.5. The van der Waals surface area contributed by atoms with Crippen LogP contribution in [0.15, 0.2) is 36.7 Å². The Balaban J connectivity index is 1.98. The maximum atomic E-state index is 12.3. The van der Waals surface area contributed by atoms with E-state index < -0.39 is 5.97 Å². The summed E-state index contributed by atoms with van der Waals surface area (Å²) in [6, 6.07) is 6.52. The first-order valence-electron chi connectivity index (χ1n) is 8.05. The number of aromatic nitrogens is 2. The Hall–Kier alpha value is -2.96. The Morgan fingerprint density at radius 1 is 1.16 bits per heavy atom. The molecule has 0 fully saturated rings. The van der Waals surface area contributed by atoms with Crippen molar-refractivity contribution in [2.24, 2.45) is 5.92 Å². The van der Waals surface area contributed by atoms with Gasteiger partial charge in [-0.15, -0.1) is 0 Å². The second-order valence-corrected chi connectivity index (χ2v) is 5.93. The lowest BCUT2D eigenvalue weighted by Gasteiger charge is -2.08. The molecule has 1 aromatic carbocycles. The van der Waals surface area contributed by atoms with Crippen LogP contribution in [-0.4, -0.2) is 35.5 Å². The standard InChI is InChI=1S/C18H22N4O3/c1-12(2)7-8-19-18-20-10-14(11-21-18)16(23)22-15-6-4-5-13(9-15)17(24)25-3/h4-6,9-12H,7-8H2,1-3H3,(H,22,23)(H,19,20,21). The monoisotopic (exact) mass is 342 g/mol. The molecule has 0 aliphatic rings. The van der Waals surface area contributed by atoms with Crippen LogP contribution in [0.4, 0.5) is 11.6 Å². The molecule has 0 bridgehead atoms. The third-order valence-corrected chi connectivity index (χ3v) is 3.46. The molecule has 2 aromatic rings. The molecule has 2 N–H and O–H groups in total. The van der Waals surface area contributed by atoms with Crippen LogP contribution in [0.5, 0.6) is 0 Å². The maximum Gasteiger partial charge on any atom is 0.337 e. The van der Waals surface area contributed by atoms with Gasteiger partial charge in [0.25, 0.3) is 5.91 Å². The Bertz CT molecular complexity index is 729. The van der Waals surface area contributed by atoms with Gasteiger partial charge in [0.05, 0.1) is 18.2 Å². The second-order valence-electron chi connectivity index (χ2n) is 5.93. The van der Waals surface area contributed by atoms with E-state index >= 15 is 0 Å². The largest absolute Gasteiger partial charge is 0.465 e. The number of methoxy groups -OCH3 is 1. The van der Waals surface area contributed by atoms with E-state index in [0.717, 1.165) is 13.0 Å². The van der Waals surface area contributed by atoms with Crippen molar-refractivity contribution in [1.82, 2.24) is 9.97 Å². The highest BCUT2D eigenvalue weighted by molar-refractivity contribution is 6.04. The molecule has 7 nitrogen and oxygen atoms in total. The number of carbonyl (C=O) groups is 2. The quantitative estimate of drug-likeness (QED) is 0.752. The van der Waals surface area contributed by atoms with Gasteiger partial charge in [0.1, 0.15) is 0 Å². The number of amides is 1. The number of ether oxygens (including phenoxy) is 1. The van der Waals surface area contributed by atoms with Crippen molar-refractivity contribution in [1.29, 1.82) is 0 Å². The fraction of sp³-hybridized carbons (Fsp3) is 0.333. The van der Waals surface area contributed by atoms with Gasteiger partial charge in [-0.2, -0.15) is 0 Å². The van der Waals surface area contributed by atoms with Crippen molar-refractivity contribution in [3.63, 3.8) is 0 Å². The summed E-state index contributed by atoms with van der Waals surface area (Å²) >= 11 is 0. The molecule has 1 heterocycles. The van der Waals surface area contributed by atoms with E-state index in [-0.39, 0.29) is 5.91 Å². The van der Waals surface area contributed by atoms with Gasteiger partial charge >= 0.3 is 5.97 Å². The Kier molecular flexibility index (Phi) is 6.45. The Morgan fingerprint density at radius 2 is 1.88 bits per heavy atom. The molecule has 1 amide bonds. The van der Waals surface area contributed by atoms with Gasteiger partial charge in [0.15, 0.2) is 0 Å². The second kappa shape index (κ2) is 8.77. The van der Waals surface area contributed by atoms with Gasteiger partial charge < -0.3 is 15.4 Å². The van der Waals surface area contributed by atoms with Crippen molar-refractivity contribution in [3.05, 3.63) is 47.8 Å². The molecule has 132 valence electrons. The van der Waals surface area contributed by atoms with Crippen LogP contribution in [0.3, 0.4) is 0 Å². The maximum absolute atomic E-state index is 12.3. The summed E-state index contributed by atoms with van der Waals surface area (Å²) in [6.07, 6.45) is 3.94. The summed E-state index contributed by atoms with van der Waals surface area (Å²) in [7, 11) is 1.31. The fourth-order valence-electron chi connectivity index (χ4n) is 2.05. The molecule has 0 saturated carbocycles. The first-order valence-corrected chi connectivity index (χ1v) is 8.05. The summed E-state index contributed by atoms with van der Waals surface area (Å²) in [4.78, 5) is 32.1. The molecular weight excluding hydrogens is 320 g/mol. The van der Waals surface area contributed by atoms with Gasteiger partial charge in [0, 0.05) is 24.6 Å². The number of carbonyl (C=O) groups excluding carboxylic acids is 2. The minimum Gasteiger partial charge on any atom is -0.465 e. The van der Waals surface area contributed by atoms with Gasteiger partial charge in [0.2, 0.25) is 5.95 Å². The van der Waals surface area contributed by atoms with Crippen molar-refractivity contribution in [2.75, 3.05) is 24.3 Å². The summed E-state index contributed by atoms with van der Waals surface area (Å²) < 4.78 is 4.66. The van der Waals surface area contributed by atoms with Crippen molar-refractivity contribution < 1.29 is 14.3 Å². The average molecular weight is 342 g/mol. The smallest absolute Gasteiger partial charge is 0.337 e. The number of benzene rings is 1. The van der Waals surface area contributed by atoms with Gasteiger partial charge in [-0.1, -0.05) is 19.9 Å². The molecule has 2 rings (SSSR count). The minimum atomic E-state index is -0.462. The number of anilines is 2. The topological polar surface area (TPSA) is 93.2 Å². The summed E-state index contributed by atoms with van der Waals surface area (Å²) in [5.74, 6) is 0.273. The highest BCUT2D eigenvalue weighted by Crippen LogP contribution is 2.13. The molecule has 0 atom stereocenters. The Labute approximate surface area is 146 Å². The van der Waals surface area contributed by atoms with E-state index in [0.29, 0.717) is 28.7 Å². The van der Waals surface area contributed by atoms with E-state index in [2.05, 4.69) is 39.2 Å². The number of hydrogen-bond donors (Lipinski definition) is 2. The Morgan fingerprint density at radius 3 is 2.52 bits per heavy atom. The van der Waals surface area contributed by atoms with Crippen LogP contribution in [0.25, 0.3) is 0 Å². The first kappa shape index (κ1) is 18.4. The highest BCUT2D eigenvalue weighted by Gasteiger charge is 2.10. The molecule has 0 aliphatic heterocycles. The normalized spacial score (nSPS) is 10.4. The first-order chi connectivity index (χ1) is 12.0. The van der Waals surface area contributed by atoms with E-state index in [1.54, 1.807) is 24.3 Å². The molecule has 0 spiro atoms. The van der Waals surface area contributed by atoms with Crippen LogP contribution in [0.1, 0.15) is 41.0 Å². The molecular formula is C18H22N4O3. The number of esters is 1. The van der Waals surface area contributed by atoms with E-state index in [1.165, 1.54) is 19.5 Å². The summed E-state index contributed by atoms with van der Waals surface area (Å²) in [5.41, 5.74) is 1.19. The van der Waals surface area contributed by atoms with Crippen LogP contribution in [-0.2, 0) is 4.74 Å².